The van der Waals surface area contributed by atoms with Crippen LogP contribution in [-0.2, 0) is 12.8 Å². The number of aromatic nitrogens is 4. The zero-order valence-electron chi connectivity index (χ0n) is 13.7. The van der Waals surface area contributed by atoms with Crippen molar-refractivity contribution in [3.63, 3.8) is 0 Å². The molecule has 3 aromatic rings. The Morgan fingerprint density at radius 1 is 1.32 bits per heavy atom. The largest absolute Gasteiger partial charge is 0.573 e. The Bertz CT molecular complexity index is 1020. The van der Waals surface area contributed by atoms with Crippen molar-refractivity contribution in [1.29, 1.82) is 0 Å². The van der Waals surface area contributed by atoms with Gasteiger partial charge in [-0.3, -0.25) is 4.79 Å². The molecule has 1 aromatic carbocycles. The highest BCUT2D eigenvalue weighted by Crippen LogP contribution is 2.31. The van der Waals surface area contributed by atoms with Crippen molar-refractivity contribution >= 4 is 44.8 Å². The summed E-state index contributed by atoms with van der Waals surface area (Å²) in [6.45, 7) is 0. The highest BCUT2D eigenvalue weighted by molar-refractivity contribution is 9.11. The van der Waals surface area contributed by atoms with Crippen molar-refractivity contribution < 1.29 is 22.7 Å². The van der Waals surface area contributed by atoms with Crippen molar-refractivity contribution in [3.05, 3.63) is 50.4 Å². The van der Waals surface area contributed by atoms with Crippen LogP contribution < -0.4 is 10.5 Å². The molecule has 0 aliphatic rings. The molecule has 0 atom stereocenters. The number of nitrogens with zero attached hydrogens (tertiary/aromatic N) is 4. The van der Waals surface area contributed by atoms with E-state index < -0.39 is 18.0 Å². The van der Waals surface area contributed by atoms with Gasteiger partial charge < -0.3 is 10.5 Å². The van der Waals surface area contributed by atoms with Gasteiger partial charge in [0.05, 0.1) is 9.98 Å². The van der Waals surface area contributed by atoms with E-state index in [0.717, 1.165) is 15.9 Å². The lowest BCUT2D eigenvalue weighted by atomic mass is 10.0. The van der Waals surface area contributed by atoms with Gasteiger partial charge in [0.15, 0.2) is 0 Å². The maximum absolute atomic E-state index is 12.4. The fraction of sp³-hybridized carbons (Fsp3) is 0.200. The minimum atomic E-state index is -4.92. The third-order valence-corrected chi connectivity index (χ3v) is 5.32. The summed E-state index contributed by atoms with van der Waals surface area (Å²) in [5.41, 5.74) is 5.44. The Morgan fingerprint density at radius 2 is 2.07 bits per heavy atom. The van der Waals surface area contributed by atoms with Crippen LogP contribution in [0.5, 0.6) is 5.75 Å². The van der Waals surface area contributed by atoms with Crippen LogP contribution in [0.3, 0.4) is 0 Å². The number of alkyl halides is 3. The Balaban J connectivity index is 1.87. The average Bonchev–Trinajstić information content (AvgIpc) is 3.20. The van der Waals surface area contributed by atoms with E-state index in [-0.39, 0.29) is 23.4 Å². The van der Waals surface area contributed by atoms with Gasteiger partial charge in [0.25, 0.3) is 0 Å². The molecule has 0 aliphatic carbocycles. The van der Waals surface area contributed by atoms with Gasteiger partial charge >= 0.3 is 6.36 Å². The van der Waals surface area contributed by atoms with Gasteiger partial charge in [-0.2, -0.15) is 9.78 Å². The molecule has 0 aliphatic heterocycles. The van der Waals surface area contributed by atoms with Crippen molar-refractivity contribution in [2.45, 2.75) is 19.2 Å². The summed E-state index contributed by atoms with van der Waals surface area (Å²) < 4.78 is 43.5. The van der Waals surface area contributed by atoms with Crippen LogP contribution in [-0.4, -0.2) is 32.0 Å². The van der Waals surface area contributed by atoms with Crippen LogP contribution in [0, 0.1) is 0 Å². The molecule has 0 radical (unpaired) electrons. The summed E-state index contributed by atoms with van der Waals surface area (Å²) in [5.74, 6) is -1.01. The van der Waals surface area contributed by atoms with E-state index in [0.29, 0.717) is 16.5 Å². The van der Waals surface area contributed by atoms with E-state index >= 15 is 0 Å². The number of aryl methyl sites for hydroxylation is 1. The average molecular weight is 497 g/mol. The number of hydrogen-bond donors (Lipinski definition) is 1. The van der Waals surface area contributed by atoms with E-state index in [1.807, 2.05) is 0 Å². The second kappa shape index (κ2) is 8.05. The molecule has 28 heavy (non-hydrogen) atoms. The van der Waals surface area contributed by atoms with Gasteiger partial charge in [0.1, 0.15) is 17.9 Å². The number of rotatable bonds is 6. The fourth-order valence-electron chi connectivity index (χ4n) is 2.45. The third-order valence-electron chi connectivity index (χ3n) is 3.53. The van der Waals surface area contributed by atoms with Crippen molar-refractivity contribution in [3.8, 4) is 10.9 Å². The predicted molar refractivity (Wildman–Crippen MR) is 98.8 cm³/mol. The summed E-state index contributed by atoms with van der Waals surface area (Å²) in [6, 6.07) is 1.90. The van der Waals surface area contributed by atoms with Gasteiger partial charge in [-0.05, 0) is 40.0 Å². The van der Waals surface area contributed by atoms with Crippen molar-refractivity contribution in [2.75, 3.05) is 0 Å². The van der Waals surface area contributed by atoms with Crippen molar-refractivity contribution in [2.24, 2.45) is 5.73 Å². The first-order valence-electron chi connectivity index (χ1n) is 7.52. The van der Waals surface area contributed by atoms with Crippen LogP contribution in [0.1, 0.15) is 21.7 Å². The number of hydrogen-bond acceptors (Lipinski definition) is 6. The zero-order chi connectivity index (χ0) is 20.5. The quantitative estimate of drug-likeness (QED) is 0.558. The first-order valence-corrected chi connectivity index (χ1v) is 9.51. The third kappa shape index (κ3) is 4.80. The molecular formula is C15H10BrClF3N5O2S. The SMILES string of the molecule is NC(=O)c1cc(OC(F)(F)F)cc(Cl)c1CCc1ncnn1-c1ncc(Br)s1. The monoisotopic (exact) mass is 495 g/mol. The molecule has 0 saturated carbocycles. The number of halogens is 5. The van der Waals surface area contributed by atoms with Crippen LogP contribution in [0.25, 0.3) is 5.13 Å². The lowest BCUT2D eigenvalue weighted by Crippen LogP contribution is -2.19. The topological polar surface area (TPSA) is 95.9 Å². The van der Waals surface area contributed by atoms with Crippen LogP contribution >= 0.6 is 38.9 Å². The summed E-state index contributed by atoms with van der Waals surface area (Å²) in [7, 11) is 0. The number of ether oxygens (including phenoxy) is 1. The molecular weight excluding hydrogens is 487 g/mol. The molecule has 7 nitrogen and oxygen atoms in total. The van der Waals surface area contributed by atoms with Crippen LogP contribution in [0.15, 0.2) is 28.4 Å². The van der Waals surface area contributed by atoms with Gasteiger partial charge in [0.2, 0.25) is 11.0 Å². The Kier molecular flexibility index (Phi) is 5.91. The molecule has 2 aromatic heterocycles. The first kappa shape index (κ1) is 20.6. The molecule has 148 valence electrons. The van der Waals surface area contributed by atoms with E-state index in [2.05, 4.69) is 35.7 Å². The molecule has 0 unspecified atom stereocenters. The second-order valence-corrected chi connectivity index (χ2v) is 8.17. The number of benzene rings is 1. The van der Waals surface area contributed by atoms with E-state index in [1.165, 1.54) is 22.3 Å². The van der Waals surface area contributed by atoms with E-state index in [9.17, 15) is 18.0 Å². The molecule has 0 fully saturated rings. The summed E-state index contributed by atoms with van der Waals surface area (Å²) in [5, 5.41) is 4.62. The molecule has 2 N–H and O–H groups in total. The lowest BCUT2D eigenvalue weighted by Gasteiger charge is -2.14. The van der Waals surface area contributed by atoms with Crippen LogP contribution in [0.2, 0.25) is 5.02 Å². The highest BCUT2D eigenvalue weighted by atomic mass is 79.9. The minimum absolute atomic E-state index is 0.0707. The van der Waals surface area contributed by atoms with E-state index in [1.54, 1.807) is 6.20 Å². The summed E-state index contributed by atoms with van der Waals surface area (Å²) in [4.78, 5) is 20.1. The number of thiazole rings is 1. The normalized spacial score (nSPS) is 11.6. The smallest absolute Gasteiger partial charge is 0.406 e. The van der Waals surface area contributed by atoms with Gasteiger partial charge in [0, 0.05) is 17.0 Å². The highest BCUT2D eigenvalue weighted by Gasteiger charge is 2.32. The molecule has 3 rings (SSSR count). The number of primary amides is 1. The zero-order valence-corrected chi connectivity index (χ0v) is 16.9. The Labute approximate surface area is 173 Å². The summed E-state index contributed by atoms with van der Waals surface area (Å²) in [6.07, 6.45) is -1.47. The number of carbonyl (C=O) groups is 1. The maximum Gasteiger partial charge on any atom is 0.573 e. The number of carbonyl (C=O) groups excluding carboxylic acids is 1. The van der Waals surface area contributed by atoms with Gasteiger partial charge in [-0.15, -0.1) is 13.2 Å². The molecule has 0 spiro atoms. The van der Waals surface area contributed by atoms with E-state index in [4.69, 9.17) is 17.3 Å². The molecule has 1 amide bonds. The lowest BCUT2D eigenvalue weighted by molar-refractivity contribution is -0.274. The molecule has 0 bridgehead atoms. The summed E-state index contributed by atoms with van der Waals surface area (Å²) >= 11 is 10.7. The van der Waals surface area contributed by atoms with Gasteiger partial charge in [-0.25, -0.2) is 9.97 Å². The number of nitrogens with two attached hydrogens (primary N) is 1. The minimum Gasteiger partial charge on any atom is -0.406 e. The molecule has 0 saturated heterocycles. The maximum atomic E-state index is 12.4. The second-order valence-electron chi connectivity index (χ2n) is 5.38. The molecule has 13 heteroatoms. The van der Waals surface area contributed by atoms with Gasteiger partial charge in [-0.1, -0.05) is 22.9 Å². The van der Waals surface area contributed by atoms with Crippen LogP contribution in [0.4, 0.5) is 13.2 Å². The number of amides is 1. The predicted octanol–water partition coefficient (Wildman–Crippen LogP) is 3.92. The Morgan fingerprint density at radius 3 is 2.68 bits per heavy atom. The Hall–Kier alpha value is -2.18. The molecule has 2 heterocycles. The fourth-order valence-corrected chi connectivity index (χ4v) is 3.92. The first-order chi connectivity index (χ1) is 13.1. The standard InChI is InChI=1S/C15H10BrClF3N5O2S/c16-11-5-22-14(28-11)25-12(23-6-24-25)2-1-8-9(13(21)26)3-7(4-10(8)17)27-15(18,19)20/h3-6H,1-2H2,(H2,21,26). The van der Waals surface area contributed by atoms with Crippen molar-refractivity contribution in [1.82, 2.24) is 19.7 Å².